The van der Waals surface area contributed by atoms with Crippen LogP contribution < -0.4 is 16.4 Å². The molecule has 0 heterocycles. The number of nitrogens with two attached hydrogens (primary N) is 1. The molecule has 6 heteroatoms. The standard InChI is InChI=1S/C15H21N3O2.ClH/c1-10(19)17-8-11-2-4-13(5-3-11)15(20)18-9-14(16)12-6-7-12;/h2-5,12,14H,6-9,16H2,1H3,(H,17,19)(H,18,20);1H. The van der Waals surface area contributed by atoms with E-state index in [4.69, 9.17) is 5.73 Å². The lowest BCUT2D eigenvalue weighted by Crippen LogP contribution is -2.38. The van der Waals surface area contributed by atoms with Gasteiger partial charge in [-0.15, -0.1) is 12.4 Å². The number of hydrogen-bond acceptors (Lipinski definition) is 3. The summed E-state index contributed by atoms with van der Waals surface area (Å²) in [6.45, 7) is 2.48. The van der Waals surface area contributed by atoms with Crippen LogP contribution in [0.1, 0.15) is 35.7 Å². The van der Waals surface area contributed by atoms with Crippen LogP contribution in [0.5, 0.6) is 0 Å². The minimum absolute atomic E-state index is 0. The molecule has 0 aliphatic heterocycles. The highest BCUT2D eigenvalue weighted by atomic mass is 35.5. The quantitative estimate of drug-likeness (QED) is 0.738. The van der Waals surface area contributed by atoms with Crippen LogP contribution in [0.15, 0.2) is 24.3 Å². The summed E-state index contributed by atoms with van der Waals surface area (Å²) in [5, 5.41) is 5.57. The Bertz CT molecular complexity index is 486. The number of amides is 2. The summed E-state index contributed by atoms with van der Waals surface area (Å²) in [7, 11) is 0. The van der Waals surface area contributed by atoms with Crippen LogP contribution in [0, 0.1) is 5.92 Å². The van der Waals surface area contributed by atoms with Crippen molar-refractivity contribution in [3.8, 4) is 0 Å². The lowest BCUT2D eigenvalue weighted by atomic mass is 10.1. The molecule has 0 spiro atoms. The Hall–Kier alpha value is -1.59. The van der Waals surface area contributed by atoms with Gasteiger partial charge in [0.15, 0.2) is 0 Å². The number of rotatable bonds is 6. The van der Waals surface area contributed by atoms with E-state index in [-0.39, 0.29) is 30.3 Å². The van der Waals surface area contributed by atoms with Gasteiger partial charge in [-0.25, -0.2) is 0 Å². The van der Waals surface area contributed by atoms with Gasteiger partial charge in [0.25, 0.3) is 5.91 Å². The summed E-state index contributed by atoms with van der Waals surface area (Å²) >= 11 is 0. The van der Waals surface area contributed by atoms with Gasteiger partial charge in [-0.1, -0.05) is 12.1 Å². The smallest absolute Gasteiger partial charge is 0.251 e. The maximum atomic E-state index is 11.9. The molecule has 0 aromatic heterocycles. The molecular weight excluding hydrogens is 290 g/mol. The predicted octanol–water partition coefficient (Wildman–Crippen LogP) is 1.21. The van der Waals surface area contributed by atoms with Gasteiger partial charge >= 0.3 is 0 Å². The molecule has 1 unspecified atom stereocenters. The van der Waals surface area contributed by atoms with Crippen LogP contribution in [0.2, 0.25) is 0 Å². The van der Waals surface area contributed by atoms with E-state index in [0.29, 0.717) is 24.6 Å². The zero-order valence-corrected chi connectivity index (χ0v) is 12.9. The zero-order valence-electron chi connectivity index (χ0n) is 12.1. The van der Waals surface area contributed by atoms with Gasteiger partial charge in [0.1, 0.15) is 0 Å². The van der Waals surface area contributed by atoms with Crippen LogP contribution in [0.25, 0.3) is 0 Å². The number of halogens is 1. The molecule has 116 valence electrons. The molecule has 1 atom stereocenters. The highest BCUT2D eigenvalue weighted by Crippen LogP contribution is 2.31. The molecule has 1 fully saturated rings. The van der Waals surface area contributed by atoms with Crippen molar-refractivity contribution in [1.29, 1.82) is 0 Å². The third-order valence-corrected chi connectivity index (χ3v) is 3.48. The monoisotopic (exact) mass is 311 g/mol. The minimum atomic E-state index is -0.104. The molecule has 1 aromatic rings. The second kappa shape index (κ2) is 8.00. The Balaban J connectivity index is 0.00000220. The van der Waals surface area contributed by atoms with Crippen LogP contribution in [-0.2, 0) is 11.3 Å². The van der Waals surface area contributed by atoms with Crippen LogP contribution in [0.4, 0.5) is 0 Å². The maximum absolute atomic E-state index is 11.9. The second-order valence-corrected chi connectivity index (χ2v) is 5.32. The van der Waals surface area contributed by atoms with Crippen molar-refractivity contribution in [3.05, 3.63) is 35.4 Å². The van der Waals surface area contributed by atoms with Crippen LogP contribution >= 0.6 is 12.4 Å². The fourth-order valence-electron chi connectivity index (χ4n) is 2.00. The van der Waals surface area contributed by atoms with Crippen molar-refractivity contribution < 1.29 is 9.59 Å². The molecule has 2 amide bonds. The number of nitrogens with one attached hydrogen (secondary N) is 2. The Morgan fingerprint density at radius 1 is 1.24 bits per heavy atom. The van der Waals surface area contributed by atoms with Crippen molar-refractivity contribution in [1.82, 2.24) is 10.6 Å². The number of carbonyl (C=O) groups excluding carboxylic acids is 2. The fourth-order valence-corrected chi connectivity index (χ4v) is 2.00. The van der Waals surface area contributed by atoms with Gasteiger partial charge in [0.2, 0.25) is 5.91 Å². The van der Waals surface area contributed by atoms with Crippen molar-refractivity contribution in [2.45, 2.75) is 32.4 Å². The van der Waals surface area contributed by atoms with E-state index in [1.54, 1.807) is 12.1 Å². The van der Waals surface area contributed by atoms with Gasteiger partial charge in [0.05, 0.1) is 0 Å². The van der Waals surface area contributed by atoms with Crippen molar-refractivity contribution in [2.24, 2.45) is 11.7 Å². The average Bonchev–Trinajstić information content (AvgIpc) is 3.27. The Morgan fingerprint density at radius 3 is 2.38 bits per heavy atom. The first-order valence-electron chi connectivity index (χ1n) is 6.93. The summed E-state index contributed by atoms with van der Waals surface area (Å²) in [5.74, 6) is 0.406. The van der Waals surface area contributed by atoms with Crippen molar-refractivity contribution >= 4 is 24.2 Å². The molecule has 21 heavy (non-hydrogen) atoms. The SMILES string of the molecule is CC(=O)NCc1ccc(C(=O)NCC(N)C2CC2)cc1.Cl. The van der Waals surface area contributed by atoms with Crippen molar-refractivity contribution in [2.75, 3.05) is 6.54 Å². The molecular formula is C15H22ClN3O2. The largest absolute Gasteiger partial charge is 0.352 e. The summed E-state index contributed by atoms with van der Waals surface area (Å²) in [5.41, 5.74) is 7.52. The lowest BCUT2D eigenvalue weighted by Gasteiger charge is -2.11. The lowest BCUT2D eigenvalue weighted by molar-refractivity contribution is -0.119. The van der Waals surface area contributed by atoms with E-state index in [1.165, 1.54) is 19.8 Å². The number of benzene rings is 1. The molecule has 2 rings (SSSR count). The highest BCUT2D eigenvalue weighted by molar-refractivity contribution is 5.94. The van der Waals surface area contributed by atoms with E-state index in [9.17, 15) is 9.59 Å². The molecule has 0 bridgehead atoms. The minimum Gasteiger partial charge on any atom is -0.352 e. The maximum Gasteiger partial charge on any atom is 0.251 e. The summed E-state index contributed by atoms with van der Waals surface area (Å²) in [6.07, 6.45) is 2.35. The fraction of sp³-hybridized carbons (Fsp3) is 0.467. The van der Waals surface area contributed by atoms with Crippen LogP contribution in [-0.4, -0.2) is 24.4 Å². The average molecular weight is 312 g/mol. The van der Waals surface area contributed by atoms with E-state index in [2.05, 4.69) is 10.6 Å². The Morgan fingerprint density at radius 2 is 1.86 bits per heavy atom. The molecule has 5 nitrogen and oxygen atoms in total. The van der Waals surface area contributed by atoms with Crippen LogP contribution in [0.3, 0.4) is 0 Å². The molecule has 4 N–H and O–H groups in total. The first kappa shape index (κ1) is 17.5. The van der Waals surface area contributed by atoms with Crippen molar-refractivity contribution in [3.63, 3.8) is 0 Å². The summed E-state index contributed by atoms with van der Waals surface area (Å²) < 4.78 is 0. The molecule has 1 aromatic carbocycles. The second-order valence-electron chi connectivity index (χ2n) is 5.32. The zero-order chi connectivity index (χ0) is 14.5. The predicted molar refractivity (Wildman–Crippen MR) is 84.2 cm³/mol. The molecule has 0 saturated heterocycles. The normalized spacial score (nSPS) is 14.8. The number of carbonyl (C=O) groups is 2. The molecule has 1 aliphatic rings. The molecule has 0 radical (unpaired) electrons. The van der Waals surface area contributed by atoms with Gasteiger partial charge in [-0.2, -0.15) is 0 Å². The first-order valence-corrected chi connectivity index (χ1v) is 6.93. The Labute approximate surface area is 131 Å². The molecule has 1 aliphatic carbocycles. The van der Waals surface area contributed by atoms with E-state index >= 15 is 0 Å². The van der Waals surface area contributed by atoms with E-state index in [1.807, 2.05) is 12.1 Å². The van der Waals surface area contributed by atoms with Gasteiger partial charge < -0.3 is 16.4 Å². The van der Waals surface area contributed by atoms with E-state index < -0.39 is 0 Å². The number of hydrogen-bond donors (Lipinski definition) is 3. The topological polar surface area (TPSA) is 84.2 Å². The third kappa shape index (κ3) is 5.73. The van der Waals surface area contributed by atoms with Gasteiger partial charge in [-0.05, 0) is 36.5 Å². The molecule has 1 saturated carbocycles. The summed E-state index contributed by atoms with van der Waals surface area (Å²) in [4.78, 5) is 22.7. The van der Waals surface area contributed by atoms with E-state index in [0.717, 1.165) is 5.56 Å². The summed E-state index contributed by atoms with van der Waals surface area (Å²) in [6, 6.07) is 7.26. The van der Waals surface area contributed by atoms with Gasteiger partial charge in [0, 0.05) is 31.6 Å². The first-order chi connectivity index (χ1) is 9.56. The Kier molecular flexibility index (Phi) is 6.65. The highest BCUT2D eigenvalue weighted by Gasteiger charge is 2.28. The third-order valence-electron chi connectivity index (χ3n) is 3.48. The van der Waals surface area contributed by atoms with Gasteiger partial charge in [-0.3, -0.25) is 9.59 Å².